The highest BCUT2D eigenvalue weighted by atomic mass is 35.5. The minimum atomic E-state index is -4.66. The summed E-state index contributed by atoms with van der Waals surface area (Å²) < 4.78 is 49.4. The van der Waals surface area contributed by atoms with Crippen molar-refractivity contribution in [2.75, 3.05) is 32.2 Å². The van der Waals surface area contributed by atoms with E-state index in [1.807, 2.05) is 0 Å². The molecule has 32 heavy (non-hydrogen) atoms. The summed E-state index contributed by atoms with van der Waals surface area (Å²) >= 11 is 11.9. The number of carboxylic acids is 1. The number of nitrogen functional groups attached to an aromatic ring is 1. The van der Waals surface area contributed by atoms with Crippen LogP contribution in [0.5, 0.6) is 0 Å². The van der Waals surface area contributed by atoms with Gasteiger partial charge in [0.05, 0.1) is 47.5 Å². The molecule has 2 heterocycles. The van der Waals surface area contributed by atoms with Crippen LogP contribution in [-0.2, 0) is 25.9 Å². The Balaban J connectivity index is 0.000000416. The number of nitrogens with zero attached hydrogens (tertiary/aromatic N) is 3. The van der Waals surface area contributed by atoms with E-state index < -0.39 is 33.2 Å². The average Bonchev–Trinajstić information content (AvgIpc) is 3.48. The van der Waals surface area contributed by atoms with Gasteiger partial charge in [-0.3, -0.25) is 4.79 Å². The molecule has 172 valence electrons. The van der Waals surface area contributed by atoms with Crippen LogP contribution in [0.3, 0.4) is 0 Å². The molecule has 2 aromatic rings. The fraction of sp³-hybridized carbons (Fsp3) is 0.421. The number of ether oxygens (including phenoxy) is 2. The van der Waals surface area contributed by atoms with Gasteiger partial charge in [-0.25, -0.2) is 4.68 Å². The van der Waals surface area contributed by atoms with Gasteiger partial charge in [0.2, 0.25) is 0 Å². The van der Waals surface area contributed by atoms with Crippen LogP contribution in [0.4, 0.5) is 19.0 Å². The average molecular weight is 493 g/mol. The second-order valence-corrected chi connectivity index (χ2v) is 7.85. The van der Waals surface area contributed by atoms with Gasteiger partial charge in [-0.15, -0.1) is 0 Å². The standard InChI is InChI=1S/C15H9Cl2F3N4O2.C4H8O2/c16-7-3-6(15(18,19)20)4-8(17)11(7)24-12(22)10(9(5-21)23-24)14(1-2-14)13(25)26;1-2-6-4-3-5-1/h3-4H,1-2,22H2,(H,25,26);1-4H2. The van der Waals surface area contributed by atoms with Gasteiger partial charge in [0.25, 0.3) is 0 Å². The molecule has 1 saturated heterocycles. The van der Waals surface area contributed by atoms with Crippen molar-refractivity contribution in [3.63, 3.8) is 0 Å². The van der Waals surface area contributed by atoms with Gasteiger partial charge in [0.1, 0.15) is 17.6 Å². The molecule has 8 nitrogen and oxygen atoms in total. The van der Waals surface area contributed by atoms with Crippen LogP contribution in [0.1, 0.15) is 29.7 Å². The van der Waals surface area contributed by atoms with E-state index in [9.17, 15) is 28.3 Å². The van der Waals surface area contributed by atoms with Crippen LogP contribution in [-0.4, -0.2) is 47.3 Å². The summed E-state index contributed by atoms with van der Waals surface area (Å²) in [7, 11) is 0. The molecular weight excluding hydrogens is 476 g/mol. The molecule has 13 heteroatoms. The first-order valence-electron chi connectivity index (χ1n) is 9.27. The number of hydrogen-bond donors (Lipinski definition) is 2. The van der Waals surface area contributed by atoms with Gasteiger partial charge in [-0.2, -0.15) is 23.5 Å². The Bertz CT molecular complexity index is 1040. The molecule has 1 aliphatic carbocycles. The number of halogens is 5. The summed E-state index contributed by atoms with van der Waals surface area (Å²) in [4.78, 5) is 11.6. The lowest BCUT2D eigenvalue weighted by Crippen LogP contribution is -2.21. The Morgan fingerprint density at radius 3 is 2.03 bits per heavy atom. The highest BCUT2D eigenvalue weighted by Gasteiger charge is 2.55. The summed E-state index contributed by atoms with van der Waals surface area (Å²) in [6.45, 7) is 3.11. The quantitative estimate of drug-likeness (QED) is 0.667. The molecule has 4 rings (SSSR count). The zero-order valence-corrected chi connectivity index (χ0v) is 17.9. The number of carboxylic acid groups (broad SMARTS) is 1. The van der Waals surface area contributed by atoms with Crippen LogP contribution in [0, 0.1) is 11.3 Å². The van der Waals surface area contributed by atoms with Crippen LogP contribution in [0.25, 0.3) is 5.69 Å². The van der Waals surface area contributed by atoms with E-state index in [-0.39, 0.29) is 35.6 Å². The van der Waals surface area contributed by atoms with Crippen molar-refractivity contribution in [3.8, 4) is 11.8 Å². The molecule has 1 aromatic carbocycles. The fourth-order valence-corrected chi connectivity index (χ4v) is 3.87. The van der Waals surface area contributed by atoms with Crippen molar-refractivity contribution in [1.82, 2.24) is 9.78 Å². The van der Waals surface area contributed by atoms with E-state index in [0.29, 0.717) is 12.1 Å². The van der Waals surface area contributed by atoms with Crippen molar-refractivity contribution in [2.45, 2.75) is 24.4 Å². The van der Waals surface area contributed by atoms with Crippen LogP contribution >= 0.6 is 23.2 Å². The molecule has 1 saturated carbocycles. The highest BCUT2D eigenvalue weighted by molar-refractivity contribution is 6.38. The van der Waals surface area contributed by atoms with E-state index in [2.05, 4.69) is 5.10 Å². The molecule has 2 fully saturated rings. The second kappa shape index (κ2) is 9.15. The third-order valence-electron chi connectivity index (χ3n) is 4.97. The molecule has 1 aliphatic heterocycles. The number of benzene rings is 1. The zero-order chi connectivity index (χ0) is 23.7. The molecule has 1 aromatic heterocycles. The molecule has 3 N–H and O–H groups in total. The minimum absolute atomic E-state index is 0.0135. The van der Waals surface area contributed by atoms with Crippen molar-refractivity contribution < 1.29 is 32.5 Å². The van der Waals surface area contributed by atoms with Crippen LogP contribution in [0.2, 0.25) is 10.0 Å². The maximum Gasteiger partial charge on any atom is 0.416 e. The lowest BCUT2D eigenvalue weighted by Gasteiger charge is -2.14. The minimum Gasteiger partial charge on any atom is -0.481 e. The summed E-state index contributed by atoms with van der Waals surface area (Å²) in [6.07, 6.45) is -4.13. The van der Waals surface area contributed by atoms with E-state index in [4.69, 9.17) is 38.4 Å². The van der Waals surface area contributed by atoms with Crippen molar-refractivity contribution >= 4 is 35.0 Å². The summed E-state index contributed by atoms with van der Waals surface area (Å²) in [6, 6.07) is 3.07. The van der Waals surface area contributed by atoms with Gasteiger partial charge in [0, 0.05) is 5.56 Å². The van der Waals surface area contributed by atoms with Crippen LogP contribution < -0.4 is 5.73 Å². The number of alkyl halides is 3. The van der Waals surface area contributed by atoms with Gasteiger partial charge in [-0.05, 0) is 25.0 Å². The molecule has 0 unspecified atom stereocenters. The Morgan fingerprint density at radius 2 is 1.69 bits per heavy atom. The molecule has 0 spiro atoms. The molecule has 0 amide bonds. The molecule has 0 bridgehead atoms. The van der Waals surface area contributed by atoms with Gasteiger partial charge >= 0.3 is 12.1 Å². The number of anilines is 1. The predicted molar refractivity (Wildman–Crippen MR) is 108 cm³/mol. The first kappa shape index (κ1) is 24.1. The first-order valence-corrected chi connectivity index (χ1v) is 10.0. The van der Waals surface area contributed by atoms with Crippen molar-refractivity contribution in [1.29, 1.82) is 5.26 Å². The summed E-state index contributed by atoms with van der Waals surface area (Å²) in [5.74, 6) is -1.37. The van der Waals surface area contributed by atoms with E-state index in [0.717, 1.165) is 31.1 Å². The Labute approximate surface area is 190 Å². The molecular formula is C19H17Cl2F3N4O4. The number of nitrogens with two attached hydrogens (primary N) is 1. The fourth-order valence-electron chi connectivity index (χ4n) is 3.22. The normalized spacial score (nSPS) is 17.1. The number of nitriles is 1. The van der Waals surface area contributed by atoms with Gasteiger partial charge in [-0.1, -0.05) is 23.2 Å². The highest BCUT2D eigenvalue weighted by Crippen LogP contribution is 2.52. The molecule has 0 atom stereocenters. The number of aliphatic carboxylic acids is 1. The maximum atomic E-state index is 12.9. The Kier molecular flexibility index (Phi) is 6.90. The first-order chi connectivity index (χ1) is 15.0. The number of hydrogen-bond acceptors (Lipinski definition) is 6. The molecule has 2 aliphatic rings. The summed E-state index contributed by atoms with van der Waals surface area (Å²) in [5, 5.41) is 21.8. The van der Waals surface area contributed by atoms with E-state index in [1.165, 1.54) is 0 Å². The van der Waals surface area contributed by atoms with Crippen molar-refractivity contribution in [3.05, 3.63) is 39.0 Å². The zero-order valence-electron chi connectivity index (χ0n) is 16.4. The smallest absolute Gasteiger partial charge is 0.416 e. The predicted octanol–water partition coefficient (Wildman–Crippen LogP) is 3.80. The number of rotatable bonds is 3. The lowest BCUT2D eigenvalue weighted by atomic mass is 9.96. The molecule has 0 radical (unpaired) electrons. The van der Waals surface area contributed by atoms with E-state index >= 15 is 0 Å². The number of carbonyl (C=O) groups is 1. The number of aromatic nitrogens is 2. The largest absolute Gasteiger partial charge is 0.481 e. The second-order valence-electron chi connectivity index (χ2n) is 7.03. The SMILES string of the molecule is C1COCCO1.N#Cc1nn(-c2c(Cl)cc(C(F)(F)F)cc2Cl)c(N)c1C1(C(=O)O)CC1. The van der Waals surface area contributed by atoms with E-state index in [1.54, 1.807) is 6.07 Å². The monoisotopic (exact) mass is 492 g/mol. The van der Waals surface area contributed by atoms with Crippen LogP contribution in [0.15, 0.2) is 12.1 Å². The van der Waals surface area contributed by atoms with Gasteiger partial charge in [0.15, 0.2) is 5.69 Å². The third kappa shape index (κ3) is 4.63. The topological polar surface area (TPSA) is 123 Å². The van der Waals surface area contributed by atoms with Crippen molar-refractivity contribution in [2.24, 2.45) is 0 Å². The maximum absolute atomic E-state index is 12.9. The lowest BCUT2D eigenvalue weighted by molar-refractivity contribution is -0.140. The Morgan fingerprint density at radius 1 is 1.19 bits per heavy atom. The summed E-state index contributed by atoms with van der Waals surface area (Å²) in [5.41, 5.74) is 3.19. The van der Waals surface area contributed by atoms with Gasteiger partial charge < -0.3 is 20.3 Å². The third-order valence-corrected chi connectivity index (χ3v) is 5.54. The Hall–Kier alpha value is -2.52.